The zero-order valence-corrected chi connectivity index (χ0v) is 10.5. The summed E-state index contributed by atoms with van der Waals surface area (Å²) in [6.45, 7) is 2.91. The predicted molar refractivity (Wildman–Crippen MR) is 68.8 cm³/mol. The Labute approximate surface area is 102 Å². The van der Waals surface area contributed by atoms with Crippen LogP contribution in [-0.2, 0) is 0 Å². The maximum Gasteiger partial charge on any atom is 0.0569 e. The topological polar surface area (TPSA) is 62.4 Å². The molecule has 0 saturated heterocycles. The average molecular weight is 235 g/mol. The molecule has 1 saturated carbocycles. The van der Waals surface area contributed by atoms with Gasteiger partial charge in [0.05, 0.1) is 23.7 Å². The summed E-state index contributed by atoms with van der Waals surface area (Å²) in [6, 6.07) is 4.02. The van der Waals surface area contributed by atoms with Crippen molar-refractivity contribution in [3.63, 3.8) is 0 Å². The van der Waals surface area contributed by atoms with Crippen molar-refractivity contribution in [2.45, 2.75) is 31.9 Å². The molecule has 1 heterocycles. The zero-order chi connectivity index (χ0) is 12.4. The summed E-state index contributed by atoms with van der Waals surface area (Å²) in [6.07, 6.45) is 3.64. The second-order valence-electron chi connectivity index (χ2n) is 5.10. The Morgan fingerprint density at radius 1 is 1.53 bits per heavy atom. The number of aromatic nitrogens is 1. The van der Waals surface area contributed by atoms with E-state index in [0.717, 1.165) is 30.8 Å². The monoisotopic (exact) mass is 235 g/mol. The molecule has 4 heteroatoms. The Kier molecular flexibility index (Phi) is 3.64. The van der Waals surface area contributed by atoms with Crippen molar-refractivity contribution >= 4 is 5.69 Å². The first-order valence-corrected chi connectivity index (χ1v) is 6.17. The number of aliphatic hydroxyl groups is 1. The van der Waals surface area contributed by atoms with E-state index >= 15 is 0 Å². The molecule has 1 atom stereocenters. The first kappa shape index (κ1) is 12.3. The van der Waals surface area contributed by atoms with Gasteiger partial charge in [-0.05, 0) is 37.8 Å². The summed E-state index contributed by atoms with van der Waals surface area (Å²) < 4.78 is 0. The third-order valence-corrected chi connectivity index (χ3v) is 3.42. The van der Waals surface area contributed by atoms with E-state index in [9.17, 15) is 5.11 Å². The minimum Gasteiger partial charge on any atom is -0.393 e. The first-order valence-electron chi connectivity index (χ1n) is 6.17. The fraction of sp³-hybridized carbons (Fsp3) is 0.615. The smallest absolute Gasteiger partial charge is 0.0569 e. The van der Waals surface area contributed by atoms with Gasteiger partial charge in [-0.1, -0.05) is 0 Å². The Morgan fingerprint density at radius 2 is 2.24 bits per heavy atom. The molecule has 0 bridgehead atoms. The lowest BCUT2D eigenvalue weighted by Gasteiger charge is -2.35. The molecule has 1 unspecified atom stereocenters. The minimum absolute atomic E-state index is 0.0175. The van der Waals surface area contributed by atoms with E-state index in [4.69, 9.17) is 5.73 Å². The molecule has 94 valence electrons. The average Bonchev–Trinajstić information content (AvgIpc) is 2.27. The van der Waals surface area contributed by atoms with Crippen LogP contribution in [0.3, 0.4) is 0 Å². The van der Waals surface area contributed by atoms with Gasteiger partial charge >= 0.3 is 0 Å². The molecule has 1 fully saturated rings. The minimum atomic E-state index is -0.0769. The first-order chi connectivity index (χ1) is 8.06. The van der Waals surface area contributed by atoms with E-state index in [-0.39, 0.29) is 12.1 Å². The van der Waals surface area contributed by atoms with Crippen LogP contribution in [0.4, 0.5) is 5.69 Å². The summed E-state index contributed by atoms with van der Waals surface area (Å²) in [5.74, 6) is 0.614. The van der Waals surface area contributed by atoms with Gasteiger partial charge in [-0.3, -0.25) is 4.98 Å². The molecule has 4 nitrogen and oxygen atoms in total. The molecule has 2 rings (SSSR count). The van der Waals surface area contributed by atoms with Crippen molar-refractivity contribution in [2.24, 2.45) is 11.7 Å². The maximum atomic E-state index is 9.25. The Bertz CT molecular complexity index is 357. The summed E-state index contributed by atoms with van der Waals surface area (Å²) in [5, 5.41) is 9.25. The summed E-state index contributed by atoms with van der Waals surface area (Å²) in [5.41, 5.74) is 7.79. The van der Waals surface area contributed by atoms with Gasteiger partial charge in [-0.25, -0.2) is 0 Å². The Morgan fingerprint density at radius 3 is 2.71 bits per heavy atom. The van der Waals surface area contributed by atoms with E-state index in [1.807, 2.05) is 19.2 Å². The largest absolute Gasteiger partial charge is 0.393 e. The highest BCUT2D eigenvalue weighted by molar-refractivity contribution is 5.44. The van der Waals surface area contributed by atoms with Gasteiger partial charge in [0.1, 0.15) is 0 Å². The third kappa shape index (κ3) is 2.96. The van der Waals surface area contributed by atoms with Gasteiger partial charge in [0.15, 0.2) is 0 Å². The molecular weight excluding hydrogens is 214 g/mol. The molecule has 1 aliphatic carbocycles. The van der Waals surface area contributed by atoms with Gasteiger partial charge in [0, 0.05) is 19.6 Å². The van der Waals surface area contributed by atoms with Gasteiger partial charge in [0.2, 0.25) is 0 Å². The fourth-order valence-corrected chi connectivity index (χ4v) is 2.23. The molecule has 0 radical (unpaired) electrons. The highest BCUT2D eigenvalue weighted by atomic mass is 16.3. The van der Waals surface area contributed by atoms with E-state index in [0.29, 0.717) is 5.92 Å². The zero-order valence-electron chi connectivity index (χ0n) is 10.5. The number of pyridine rings is 1. The molecular formula is C13H21N3O. The van der Waals surface area contributed by atoms with Crippen LogP contribution >= 0.6 is 0 Å². The van der Waals surface area contributed by atoms with Crippen LogP contribution in [0.15, 0.2) is 18.3 Å². The van der Waals surface area contributed by atoms with E-state index in [1.54, 1.807) is 0 Å². The number of rotatable bonds is 4. The molecule has 17 heavy (non-hydrogen) atoms. The van der Waals surface area contributed by atoms with E-state index < -0.39 is 0 Å². The number of nitrogens with zero attached hydrogens (tertiary/aromatic N) is 2. The number of hydrogen-bond donors (Lipinski definition) is 2. The Hall–Kier alpha value is -1.13. The number of anilines is 1. The van der Waals surface area contributed by atoms with Crippen LogP contribution in [0, 0.1) is 5.92 Å². The van der Waals surface area contributed by atoms with Gasteiger partial charge in [-0.15, -0.1) is 0 Å². The van der Waals surface area contributed by atoms with Crippen LogP contribution < -0.4 is 10.6 Å². The molecule has 0 amide bonds. The predicted octanol–water partition coefficient (Wildman–Crippen LogP) is 1.31. The van der Waals surface area contributed by atoms with Crippen molar-refractivity contribution in [1.29, 1.82) is 0 Å². The summed E-state index contributed by atoms with van der Waals surface area (Å²) >= 11 is 0. The molecule has 1 aliphatic rings. The SMILES string of the molecule is CC(N)c1ccc(N(C)CC2CC(O)C2)cn1. The molecule has 0 aliphatic heterocycles. The molecule has 1 aromatic rings. The van der Waals surface area contributed by atoms with Gasteiger partial charge < -0.3 is 15.7 Å². The lowest BCUT2D eigenvalue weighted by Crippen LogP contribution is -2.37. The number of aliphatic hydroxyl groups excluding tert-OH is 1. The Balaban J connectivity index is 1.92. The number of nitrogens with two attached hydrogens (primary N) is 1. The van der Waals surface area contributed by atoms with Crippen molar-refractivity contribution in [1.82, 2.24) is 4.98 Å². The lowest BCUT2D eigenvalue weighted by atomic mass is 9.82. The van der Waals surface area contributed by atoms with Crippen LogP contribution in [0.25, 0.3) is 0 Å². The third-order valence-electron chi connectivity index (χ3n) is 3.42. The van der Waals surface area contributed by atoms with E-state index in [2.05, 4.69) is 23.0 Å². The van der Waals surface area contributed by atoms with Crippen LogP contribution in [0.1, 0.15) is 31.5 Å². The summed E-state index contributed by atoms with van der Waals surface area (Å²) in [4.78, 5) is 6.54. The molecule has 0 aromatic carbocycles. The molecule has 1 aromatic heterocycles. The molecule has 3 N–H and O–H groups in total. The summed E-state index contributed by atoms with van der Waals surface area (Å²) in [7, 11) is 2.06. The standard InChI is InChI=1S/C13H21N3O/c1-9(14)13-4-3-11(7-15-13)16(2)8-10-5-12(17)6-10/h3-4,7,9-10,12,17H,5-6,8,14H2,1-2H3. The maximum absolute atomic E-state index is 9.25. The normalized spacial score (nSPS) is 25.2. The van der Waals surface area contributed by atoms with Crippen molar-refractivity contribution < 1.29 is 5.11 Å². The van der Waals surface area contributed by atoms with Crippen LogP contribution in [0.2, 0.25) is 0 Å². The van der Waals surface area contributed by atoms with Gasteiger partial charge in [0.25, 0.3) is 0 Å². The highest BCUT2D eigenvalue weighted by Gasteiger charge is 2.28. The fourth-order valence-electron chi connectivity index (χ4n) is 2.23. The second kappa shape index (κ2) is 5.02. The van der Waals surface area contributed by atoms with Crippen molar-refractivity contribution in [3.05, 3.63) is 24.0 Å². The second-order valence-corrected chi connectivity index (χ2v) is 5.10. The quantitative estimate of drug-likeness (QED) is 0.826. The van der Waals surface area contributed by atoms with Crippen molar-refractivity contribution in [3.8, 4) is 0 Å². The lowest BCUT2D eigenvalue weighted by molar-refractivity contribution is 0.0465. The highest BCUT2D eigenvalue weighted by Crippen LogP contribution is 2.28. The van der Waals surface area contributed by atoms with Crippen molar-refractivity contribution in [2.75, 3.05) is 18.5 Å². The molecule has 0 spiro atoms. The number of hydrogen-bond acceptors (Lipinski definition) is 4. The van der Waals surface area contributed by atoms with E-state index in [1.165, 1.54) is 0 Å². The van der Waals surface area contributed by atoms with Crippen LogP contribution in [0.5, 0.6) is 0 Å². The van der Waals surface area contributed by atoms with Gasteiger partial charge in [-0.2, -0.15) is 0 Å². The van der Waals surface area contributed by atoms with Crippen LogP contribution in [-0.4, -0.2) is 29.8 Å².